The Morgan fingerprint density at radius 2 is 1.70 bits per heavy atom. The lowest BCUT2D eigenvalue weighted by atomic mass is 10.1. The van der Waals surface area contributed by atoms with Crippen LogP contribution >= 0.6 is 23.2 Å². The molecule has 0 bridgehead atoms. The lowest BCUT2D eigenvalue weighted by Crippen LogP contribution is -1.93. The molecule has 0 aliphatic rings. The van der Waals surface area contributed by atoms with Gasteiger partial charge in [-0.2, -0.15) is 0 Å². The fraction of sp³-hybridized carbons (Fsp3) is 0.0625. The lowest BCUT2D eigenvalue weighted by Gasteiger charge is -2.11. The number of pyridine rings is 1. The molecule has 1 heterocycles. The molecule has 2 nitrogen and oxygen atoms in total. The van der Waals surface area contributed by atoms with E-state index in [9.17, 15) is 0 Å². The number of hydrogen-bond donors (Lipinski definition) is 0. The van der Waals surface area contributed by atoms with Crippen molar-refractivity contribution in [2.24, 2.45) is 0 Å². The van der Waals surface area contributed by atoms with Crippen LogP contribution in [0.5, 0.6) is 5.75 Å². The predicted molar refractivity (Wildman–Crippen MR) is 83.8 cm³/mol. The van der Waals surface area contributed by atoms with Gasteiger partial charge in [0.05, 0.1) is 22.7 Å². The Morgan fingerprint density at radius 3 is 2.45 bits per heavy atom. The van der Waals surface area contributed by atoms with Crippen molar-refractivity contribution in [2.45, 2.75) is 0 Å². The molecule has 0 fully saturated rings. The summed E-state index contributed by atoms with van der Waals surface area (Å²) >= 11 is 12.4. The standard InChI is InChI=1S/C16H11Cl2NO/c1-20-15-9-11-13(18)7-4-8-14(11)19-16(15)10-5-2-3-6-12(10)17/h2-9H,1H3. The second-order valence-electron chi connectivity index (χ2n) is 4.33. The number of fused-ring (bicyclic) bond motifs is 1. The number of nitrogens with zero attached hydrogens (tertiary/aromatic N) is 1. The van der Waals surface area contributed by atoms with E-state index in [1.54, 1.807) is 7.11 Å². The van der Waals surface area contributed by atoms with Crippen LogP contribution in [0.2, 0.25) is 10.0 Å². The quantitative estimate of drug-likeness (QED) is 0.648. The van der Waals surface area contributed by atoms with Gasteiger partial charge in [-0.25, -0.2) is 4.98 Å². The molecule has 1 aromatic heterocycles. The molecule has 2 aromatic carbocycles. The molecule has 100 valence electrons. The third-order valence-corrected chi connectivity index (χ3v) is 3.78. The summed E-state index contributed by atoms with van der Waals surface area (Å²) in [5, 5.41) is 2.15. The summed E-state index contributed by atoms with van der Waals surface area (Å²) in [4.78, 5) is 4.64. The van der Waals surface area contributed by atoms with E-state index < -0.39 is 0 Å². The lowest BCUT2D eigenvalue weighted by molar-refractivity contribution is 0.415. The molecule has 0 atom stereocenters. The fourth-order valence-corrected chi connectivity index (χ4v) is 2.59. The molecular formula is C16H11Cl2NO. The number of methoxy groups -OCH3 is 1. The van der Waals surface area contributed by atoms with Crippen molar-refractivity contribution in [3.8, 4) is 17.0 Å². The first-order valence-corrected chi connectivity index (χ1v) is 6.84. The van der Waals surface area contributed by atoms with Crippen LogP contribution in [0.15, 0.2) is 48.5 Å². The molecule has 3 rings (SSSR count). The molecule has 0 radical (unpaired) electrons. The third-order valence-electron chi connectivity index (χ3n) is 3.12. The second kappa shape index (κ2) is 5.31. The van der Waals surface area contributed by atoms with Crippen molar-refractivity contribution in [1.82, 2.24) is 4.98 Å². The smallest absolute Gasteiger partial charge is 0.145 e. The van der Waals surface area contributed by atoms with Crippen LogP contribution in [-0.4, -0.2) is 12.1 Å². The van der Waals surface area contributed by atoms with Gasteiger partial charge in [-0.1, -0.05) is 47.5 Å². The zero-order chi connectivity index (χ0) is 14.1. The van der Waals surface area contributed by atoms with Crippen LogP contribution in [0.3, 0.4) is 0 Å². The maximum atomic E-state index is 6.25. The molecule has 0 aliphatic heterocycles. The maximum Gasteiger partial charge on any atom is 0.145 e. The monoisotopic (exact) mass is 303 g/mol. The molecule has 0 unspecified atom stereocenters. The molecule has 0 amide bonds. The van der Waals surface area contributed by atoms with Crippen LogP contribution in [0.4, 0.5) is 0 Å². The number of benzene rings is 2. The minimum atomic E-state index is 0.639. The van der Waals surface area contributed by atoms with E-state index in [1.807, 2.05) is 48.5 Å². The first-order chi connectivity index (χ1) is 9.70. The molecule has 0 saturated heterocycles. The van der Waals surface area contributed by atoms with Crippen LogP contribution in [0, 0.1) is 0 Å². The van der Waals surface area contributed by atoms with Gasteiger partial charge in [0.15, 0.2) is 0 Å². The predicted octanol–water partition coefficient (Wildman–Crippen LogP) is 5.22. The topological polar surface area (TPSA) is 22.1 Å². The summed E-state index contributed by atoms with van der Waals surface area (Å²) in [6, 6.07) is 15.1. The Labute approximate surface area is 126 Å². The molecule has 3 aromatic rings. The minimum absolute atomic E-state index is 0.639. The van der Waals surface area contributed by atoms with E-state index in [0.29, 0.717) is 21.5 Å². The van der Waals surface area contributed by atoms with Gasteiger partial charge in [0.2, 0.25) is 0 Å². The highest BCUT2D eigenvalue weighted by molar-refractivity contribution is 6.35. The van der Waals surface area contributed by atoms with Crippen LogP contribution in [0.25, 0.3) is 22.2 Å². The molecule has 0 spiro atoms. The van der Waals surface area contributed by atoms with E-state index in [-0.39, 0.29) is 0 Å². The second-order valence-corrected chi connectivity index (χ2v) is 5.14. The Morgan fingerprint density at radius 1 is 0.950 bits per heavy atom. The third kappa shape index (κ3) is 2.21. The van der Waals surface area contributed by atoms with E-state index in [0.717, 1.165) is 16.5 Å². The van der Waals surface area contributed by atoms with Crippen molar-refractivity contribution < 1.29 is 4.74 Å². The molecular weight excluding hydrogens is 293 g/mol. The maximum absolute atomic E-state index is 6.25. The Kier molecular flexibility index (Phi) is 3.51. The first kappa shape index (κ1) is 13.2. The summed E-state index contributed by atoms with van der Waals surface area (Å²) < 4.78 is 5.44. The number of ether oxygens (including phenoxy) is 1. The normalized spacial score (nSPS) is 10.8. The average molecular weight is 304 g/mol. The zero-order valence-corrected chi connectivity index (χ0v) is 12.2. The Bertz CT molecular complexity index is 787. The van der Waals surface area contributed by atoms with Crippen molar-refractivity contribution in [1.29, 1.82) is 0 Å². The summed E-state index contributed by atoms with van der Waals surface area (Å²) in [7, 11) is 1.61. The number of halogens is 2. The van der Waals surface area contributed by atoms with Gasteiger partial charge >= 0.3 is 0 Å². The Hall–Kier alpha value is -1.77. The summed E-state index contributed by atoms with van der Waals surface area (Å²) in [5.74, 6) is 0.652. The first-order valence-electron chi connectivity index (χ1n) is 6.09. The van der Waals surface area contributed by atoms with Gasteiger partial charge in [-0.05, 0) is 24.3 Å². The van der Waals surface area contributed by atoms with Gasteiger partial charge in [-0.3, -0.25) is 0 Å². The molecule has 0 aliphatic carbocycles. The number of hydrogen-bond acceptors (Lipinski definition) is 2. The van der Waals surface area contributed by atoms with Crippen LogP contribution < -0.4 is 4.74 Å². The fourth-order valence-electron chi connectivity index (χ4n) is 2.14. The van der Waals surface area contributed by atoms with Gasteiger partial charge in [0, 0.05) is 10.9 Å². The van der Waals surface area contributed by atoms with Gasteiger partial charge in [0.25, 0.3) is 0 Å². The zero-order valence-electron chi connectivity index (χ0n) is 10.7. The largest absolute Gasteiger partial charge is 0.494 e. The summed E-state index contributed by atoms with van der Waals surface area (Å²) in [6.45, 7) is 0. The molecule has 20 heavy (non-hydrogen) atoms. The highest BCUT2D eigenvalue weighted by atomic mass is 35.5. The SMILES string of the molecule is COc1cc2c(Cl)cccc2nc1-c1ccccc1Cl. The van der Waals surface area contributed by atoms with E-state index in [4.69, 9.17) is 27.9 Å². The minimum Gasteiger partial charge on any atom is -0.494 e. The Balaban J connectivity index is 2.33. The van der Waals surface area contributed by atoms with Crippen molar-refractivity contribution >= 4 is 34.1 Å². The van der Waals surface area contributed by atoms with Gasteiger partial charge < -0.3 is 4.74 Å². The van der Waals surface area contributed by atoms with E-state index in [2.05, 4.69) is 4.98 Å². The summed E-state index contributed by atoms with van der Waals surface area (Å²) in [6.07, 6.45) is 0. The van der Waals surface area contributed by atoms with E-state index in [1.165, 1.54) is 0 Å². The van der Waals surface area contributed by atoms with Crippen molar-refractivity contribution in [3.05, 3.63) is 58.6 Å². The number of aromatic nitrogens is 1. The van der Waals surface area contributed by atoms with Crippen LogP contribution in [0.1, 0.15) is 0 Å². The van der Waals surface area contributed by atoms with Gasteiger partial charge in [-0.15, -0.1) is 0 Å². The number of rotatable bonds is 2. The van der Waals surface area contributed by atoms with Gasteiger partial charge in [0.1, 0.15) is 11.4 Å². The molecule has 4 heteroatoms. The molecule has 0 saturated carbocycles. The van der Waals surface area contributed by atoms with Crippen LogP contribution in [-0.2, 0) is 0 Å². The highest BCUT2D eigenvalue weighted by Gasteiger charge is 2.13. The summed E-state index contributed by atoms with van der Waals surface area (Å²) in [5.41, 5.74) is 2.37. The highest BCUT2D eigenvalue weighted by Crippen LogP contribution is 2.36. The van der Waals surface area contributed by atoms with Crippen molar-refractivity contribution in [3.63, 3.8) is 0 Å². The average Bonchev–Trinajstić information content (AvgIpc) is 2.47. The van der Waals surface area contributed by atoms with Crippen molar-refractivity contribution in [2.75, 3.05) is 7.11 Å². The van der Waals surface area contributed by atoms with E-state index >= 15 is 0 Å². The molecule has 0 N–H and O–H groups in total.